The van der Waals surface area contributed by atoms with Crippen molar-refractivity contribution in [3.05, 3.63) is 27.4 Å². The van der Waals surface area contributed by atoms with Crippen LogP contribution >= 0.6 is 0 Å². The molecule has 0 aromatic carbocycles. The number of nitrogens with two attached hydrogens (primary N) is 1. The molecule has 104 valence electrons. The van der Waals surface area contributed by atoms with E-state index in [0.29, 0.717) is 5.82 Å². The zero-order chi connectivity index (χ0) is 14.6. The van der Waals surface area contributed by atoms with E-state index in [0.717, 1.165) is 0 Å². The number of hydroxylamine groups is 1. The van der Waals surface area contributed by atoms with Gasteiger partial charge in [0.05, 0.1) is 5.69 Å². The number of nitrogens with zero attached hydrogens (tertiary/aromatic N) is 1. The van der Waals surface area contributed by atoms with Gasteiger partial charge in [-0.2, -0.15) is 0 Å². The molecule has 0 saturated heterocycles. The number of carbonyl (C=O) groups is 2. The molecule has 0 radical (unpaired) electrons. The predicted octanol–water partition coefficient (Wildman–Crippen LogP) is -0.652. The van der Waals surface area contributed by atoms with Gasteiger partial charge in [-0.3, -0.25) is 19.2 Å². The van der Waals surface area contributed by atoms with Crippen molar-refractivity contribution in [2.45, 2.75) is 26.7 Å². The number of primary amides is 1. The molecule has 1 aromatic rings. The van der Waals surface area contributed by atoms with Crippen LogP contribution < -0.4 is 16.8 Å². The molecule has 1 rings (SSSR count). The fourth-order valence-corrected chi connectivity index (χ4v) is 1.37. The summed E-state index contributed by atoms with van der Waals surface area (Å²) in [5.41, 5.74) is 6.36. The quantitative estimate of drug-likeness (QED) is 0.611. The molecule has 0 aliphatic carbocycles. The zero-order valence-electron chi connectivity index (χ0n) is 10.9. The fourth-order valence-electron chi connectivity index (χ4n) is 1.37. The largest absolute Gasteiger partial charge is 0.368 e. The van der Waals surface area contributed by atoms with Crippen LogP contribution in [0.5, 0.6) is 0 Å². The van der Waals surface area contributed by atoms with Crippen LogP contribution in [0.2, 0.25) is 0 Å². The van der Waals surface area contributed by atoms with E-state index in [1.54, 1.807) is 6.92 Å². The fraction of sp³-hybridized carbons (Fsp3) is 0.455. The number of nitrogens with one attached hydrogen (secondary N) is 2. The average molecular weight is 268 g/mol. The van der Waals surface area contributed by atoms with Gasteiger partial charge in [-0.25, -0.2) is 10.5 Å². The molecule has 8 heteroatoms. The lowest BCUT2D eigenvalue weighted by molar-refractivity contribution is -0.124. The van der Waals surface area contributed by atoms with Gasteiger partial charge in [-0.05, 0) is 6.92 Å². The van der Waals surface area contributed by atoms with E-state index in [1.165, 1.54) is 0 Å². The molecule has 2 amide bonds. The van der Waals surface area contributed by atoms with E-state index in [4.69, 9.17) is 5.73 Å². The standard InChI is InChI=1S/C11H16N4O4/c1-5(2)9-13-6(3)8(10(17)14-9)11(18)15-19-4-7(12)16/h5H,4H2,1-3H3,(H2,12,16)(H,15,18)(H,13,14,17). The number of rotatable bonds is 5. The second-order valence-corrected chi connectivity index (χ2v) is 4.25. The van der Waals surface area contributed by atoms with Crippen molar-refractivity contribution in [3.8, 4) is 0 Å². The number of carbonyl (C=O) groups excluding carboxylic acids is 2. The Kier molecular flexibility index (Phi) is 4.76. The van der Waals surface area contributed by atoms with Crippen molar-refractivity contribution in [2.75, 3.05) is 6.61 Å². The Balaban J connectivity index is 2.92. The summed E-state index contributed by atoms with van der Waals surface area (Å²) in [5.74, 6) is -0.978. The first-order chi connectivity index (χ1) is 8.82. The first-order valence-corrected chi connectivity index (χ1v) is 5.64. The van der Waals surface area contributed by atoms with Gasteiger partial charge >= 0.3 is 0 Å². The van der Waals surface area contributed by atoms with Crippen LogP contribution in [0.4, 0.5) is 0 Å². The van der Waals surface area contributed by atoms with Crippen molar-refractivity contribution >= 4 is 11.8 Å². The SMILES string of the molecule is Cc1nc(C(C)C)[nH]c(=O)c1C(=O)NOCC(N)=O. The second-order valence-electron chi connectivity index (χ2n) is 4.25. The molecule has 0 aliphatic heterocycles. The summed E-state index contributed by atoms with van der Waals surface area (Å²) in [5, 5.41) is 0. The lowest BCUT2D eigenvalue weighted by atomic mass is 10.1. The van der Waals surface area contributed by atoms with Crippen LogP contribution in [0, 0.1) is 6.92 Å². The summed E-state index contributed by atoms with van der Waals surface area (Å²) >= 11 is 0. The first-order valence-electron chi connectivity index (χ1n) is 5.64. The maximum Gasteiger partial charge on any atom is 0.282 e. The summed E-state index contributed by atoms with van der Waals surface area (Å²) in [6, 6.07) is 0. The third kappa shape index (κ3) is 3.88. The Hall–Kier alpha value is -2.22. The second kappa shape index (κ2) is 6.10. The van der Waals surface area contributed by atoms with Crippen LogP contribution in [-0.2, 0) is 9.63 Å². The summed E-state index contributed by atoms with van der Waals surface area (Å²) in [4.78, 5) is 45.1. The van der Waals surface area contributed by atoms with Gasteiger partial charge in [0.15, 0.2) is 6.61 Å². The molecular weight excluding hydrogens is 252 g/mol. The maximum absolute atomic E-state index is 11.8. The minimum Gasteiger partial charge on any atom is -0.368 e. The van der Waals surface area contributed by atoms with Crippen LogP contribution in [0.1, 0.15) is 41.6 Å². The van der Waals surface area contributed by atoms with Gasteiger partial charge in [0.2, 0.25) is 5.91 Å². The van der Waals surface area contributed by atoms with Crippen LogP contribution in [0.3, 0.4) is 0 Å². The van der Waals surface area contributed by atoms with Crippen molar-refractivity contribution in [1.82, 2.24) is 15.4 Å². The molecule has 0 saturated carbocycles. The molecule has 0 spiro atoms. The van der Waals surface area contributed by atoms with Crippen LogP contribution in [0.25, 0.3) is 0 Å². The van der Waals surface area contributed by atoms with Crippen molar-refractivity contribution in [3.63, 3.8) is 0 Å². The monoisotopic (exact) mass is 268 g/mol. The number of hydrogen-bond donors (Lipinski definition) is 3. The topological polar surface area (TPSA) is 127 Å². The molecule has 0 atom stereocenters. The summed E-state index contributed by atoms with van der Waals surface area (Å²) in [6.07, 6.45) is 0. The molecule has 1 aromatic heterocycles. The molecule has 0 aliphatic rings. The number of aryl methyl sites for hydroxylation is 1. The maximum atomic E-state index is 11.8. The Morgan fingerprint density at radius 1 is 1.47 bits per heavy atom. The van der Waals surface area contributed by atoms with Crippen molar-refractivity contribution < 1.29 is 14.4 Å². The Morgan fingerprint density at radius 2 is 2.11 bits per heavy atom. The summed E-state index contributed by atoms with van der Waals surface area (Å²) < 4.78 is 0. The highest BCUT2D eigenvalue weighted by Crippen LogP contribution is 2.08. The van der Waals surface area contributed by atoms with Gasteiger partial charge in [0, 0.05) is 5.92 Å². The van der Waals surface area contributed by atoms with Crippen molar-refractivity contribution in [2.24, 2.45) is 5.73 Å². The Bertz CT molecular complexity index is 550. The first kappa shape index (κ1) is 14.8. The normalized spacial score (nSPS) is 10.5. The van der Waals surface area contributed by atoms with Gasteiger partial charge in [-0.1, -0.05) is 13.8 Å². The molecule has 8 nitrogen and oxygen atoms in total. The average Bonchev–Trinajstić information content (AvgIpc) is 2.27. The molecule has 4 N–H and O–H groups in total. The number of aromatic amines is 1. The third-order valence-electron chi connectivity index (χ3n) is 2.27. The molecular formula is C11H16N4O4. The summed E-state index contributed by atoms with van der Waals surface area (Å²) in [6.45, 7) is 4.81. The third-order valence-corrected chi connectivity index (χ3v) is 2.27. The van der Waals surface area contributed by atoms with Gasteiger partial charge in [-0.15, -0.1) is 0 Å². The van der Waals surface area contributed by atoms with E-state index in [1.807, 2.05) is 19.3 Å². The van der Waals surface area contributed by atoms with Gasteiger partial charge in [0.25, 0.3) is 11.5 Å². The van der Waals surface area contributed by atoms with E-state index < -0.39 is 24.0 Å². The molecule has 0 unspecified atom stereocenters. The minimum absolute atomic E-state index is 0.0367. The predicted molar refractivity (Wildman–Crippen MR) is 66.3 cm³/mol. The highest BCUT2D eigenvalue weighted by Gasteiger charge is 2.17. The van der Waals surface area contributed by atoms with E-state index in [9.17, 15) is 14.4 Å². The van der Waals surface area contributed by atoms with E-state index in [2.05, 4.69) is 14.8 Å². The number of amides is 2. The molecule has 19 heavy (non-hydrogen) atoms. The van der Waals surface area contributed by atoms with Gasteiger partial charge in [0.1, 0.15) is 11.4 Å². The number of H-pyrrole nitrogens is 1. The Morgan fingerprint density at radius 3 is 2.58 bits per heavy atom. The van der Waals surface area contributed by atoms with Crippen LogP contribution in [-0.4, -0.2) is 28.4 Å². The summed E-state index contributed by atoms with van der Waals surface area (Å²) in [7, 11) is 0. The lowest BCUT2D eigenvalue weighted by Gasteiger charge is -2.09. The number of aromatic nitrogens is 2. The minimum atomic E-state index is -0.775. The molecule has 1 heterocycles. The van der Waals surface area contributed by atoms with E-state index >= 15 is 0 Å². The van der Waals surface area contributed by atoms with Gasteiger partial charge < -0.3 is 10.7 Å². The highest BCUT2D eigenvalue weighted by atomic mass is 16.7. The lowest BCUT2D eigenvalue weighted by Crippen LogP contribution is -2.34. The molecule has 0 fully saturated rings. The Labute approximate surface area is 109 Å². The highest BCUT2D eigenvalue weighted by molar-refractivity contribution is 5.94. The molecule has 0 bridgehead atoms. The smallest absolute Gasteiger partial charge is 0.282 e. The van der Waals surface area contributed by atoms with Crippen LogP contribution in [0.15, 0.2) is 4.79 Å². The van der Waals surface area contributed by atoms with E-state index in [-0.39, 0.29) is 17.2 Å². The number of hydrogen-bond acceptors (Lipinski definition) is 5. The zero-order valence-corrected chi connectivity index (χ0v) is 10.9. The van der Waals surface area contributed by atoms with Crippen molar-refractivity contribution in [1.29, 1.82) is 0 Å².